The summed E-state index contributed by atoms with van der Waals surface area (Å²) in [5, 5.41) is 70.1. The van der Waals surface area contributed by atoms with Crippen molar-refractivity contribution in [3.8, 4) is 34.5 Å². The maximum atomic E-state index is 11.7. The fraction of sp³-hybridized carbons (Fsp3) is 0.250. The third kappa shape index (κ3) is 7.21. The van der Waals surface area contributed by atoms with Gasteiger partial charge in [-0.25, -0.2) is 0 Å². The molecule has 0 saturated heterocycles. The van der Waals surface area contributed by atoms with Crippen LogP contribution in [-0.4, -0.2) is 30.6 Å². The summed E-state index contributed by atoms with van der Waals surface area (Å²) >= 11 is 0. The average molecular weight is 721 g/mol. The fourth-order valence-electron chi connectivity index (χ4n) is 8.45. The molecule has 6 aromatic rings. The van der Waals surface area contributed by atoms with Crippen molar-refractivity contribution in [1.82, 2.24) is 0 Å². The highest BCUT2D eigenvalue weighted by Gasteiger charge is 2.21. The summed E-state index contributed by atoms with van der Waals surface area (Å²) in [6.45, 7) is 11.8. The van der Waals surface area contributed by atoms with Crippen molar-refractivity contribution >= 4 is 0 Å². The highest BCUT2D eigenvalue weighted by molar-refractivity contribution is 5.58. The molecule has 6 aromatic carbocycles. The number of fused-ring (bicyclic) bond motifs is 12. The monoisotopic (exact) mass is 720 g/mol. The van der Waals surface area contributed by atoms with E-state index in [1.807, 2.05) is 114 Å². The average Bonchev–Trinajstić information content (AvgIpc) is 3.09. The van der Waals surface area contributed by atoms with Crippen LogP contribution in [-0.2, 0) is 38.5 Å². The first-order chi connectivity index (χ1) is 25.6. The Morgan fingerprint density at radius 3 is 0.407 bits per heavy atom. The van der Waals surface area contributed by atoms with Crippen LogP contribution >= 0.6 is 0 Å². The second-order valence-corrected chi connectivity index (χ2v) is 15.7. The smallest absolute Gasteiger partial charge is 0.122 e. The van der Waals surface area contributed by atoms with Crippen LogP contribution in [0.25, 0.3) is 0 Å². The Bertz CT molecular complexity index is 1890. The first-order valence-corrected chi connectivity index (χ1v) is 18.5. The van der Waals surface area contributed by atoms with Crippen LogP contribution in [0.2, 0.25) is 0 Å². The van der Waals surface area contributed by atoms with Gasteiger partial charge < -0.3 is 30.6 Å². The molecule has 0 spiro atoms. The molecule has 0 amide bonds. The second-order valence-electron chi connectivity index (χ2n) is 15.7. The summed E-state index contributed by atoms with van der Waals surface area (Å²) in [5.74, 6) is 0.687. The van der Waals surface area contributed by atoms with Gasteiger partial charge in [-0.15, -0.1) is 0 Å². The molecule has 1 aliphatic rings. The van der Waals surface area contributed by atoms with Gasteiger partial charge in [0.05, 0.1) is 0 Å². The zero-order chi connectivity index (χ0) is 38.6. The van der Waals surface area contributed by atoms with Gasteiger partial charge in [0.15, 0.2) is 0 Å². The van der Waals surface area contributed by atoms with Crippen LogP contribution < -0.4 is 0 Å². The summed E-state index contributed by atoms with van der Waals surface area (Å²) in [5.41, 5.74) is 13.6. The Morgan fingerprint density at radius 2 is 0.315 bits per heavy atom. The van der Waals surface area contributed by atoms with Crippen LogP contribution in [0.5, 0.6) is 34.5 Å². The third-order valence-corrected chi connectivity index (χ3v) is 10.8. The number of phenols is 6. The molecule has 0 aromatic heterocycles. The topological polar surface area (TPSA) is 121 Å². The van der Waals surface area contributed by atoms with E-state index in [1.54, 1.807) is 0 Å². The lowest BCUT2D eigenvalue weighted by atomic mass is 9.89. The fourth-order valence-corrected chi connectivity index (χ4v) is 8.45. The molecule has 0 aliphatic heterocycles. The van der Waals surface area contributed by atoms with E-state index in [9.17, 15) is 30.6 Å². The summed E-state index contributed by atoms with van der Waals surface area (Å²) < 4.78 is 0. The molecule has 0 atom stereocenters. The van der Waals surface area contributed by atoms with Crippen LogP contribution in [0, 0.1) is 41.5 Å². The van der Waals surface area contributed by atoms with Crippen molar-refractivity contribution in [2.45, 2.75) is 80.1 Å². The molecule has 0 radical (unpaired) electrons. The van der Waals surface area contributed by atoms with Crippen LogP contribution in [0.1, 0.15) is 100 Å². The molecule has 12 bridgehead atoms. The minimum Gasteiger partial charge on any atom is -0.507 e. The number of hydrogen-bond acceptors (Lipinski definition) is 6. The van der Waals surface area contributed by atoms with Gasteiger partial charge in [0, 0.05) is 38.5 Å². The Labute approximate surface area is 317 Å². The minimum atomic E-state index is 0.114. The van der Waals surface area contributed by atoms with E-state index in [4.69, 9.17) is 0 Å². The molecule has 6 heteroatoms. The number of phenolic OH excluding ortho intramolecular Hbond substituents is 6. The minimum absolute atomic E-state index is 0.114. The van der Waals surface area contributed by atoms with E-state index in [0.717, 1.165) is 33.4 Å². The molecular formula is C48H48O6. The highest BCUT2D eigenvalue weighted by atomic mass is 16.3. The Hall–Kier alpha value is -5.88. The van der Waals surface area contributed by atoms with Crippen molar-refractivity contribution < 1.29 is 30.6 Å². The number of aromatic hydroxyl groups is 6. The third-order valence-electron chi connectivity index (χ3n) is 10.8. The summed E-state index contributed by atoms with van der Waals surface area (Å²) in [6.07, 6.45) is 1.67. The largest absolute Gasteiger partial charge is 0.507 e. The molecule has 1 aliphatic carbocycles. The predicted octanol–water partition coefficient (Wildman–Crippen LogP) is 9.63. The lowest BCUT2D eigenvalue weighted by Gasteiger charge is -2.19. The van der Waals surface area contributed by atoms with Crippen molar-refractivity contribution in [2.75, 3.05) is 0 Å². The molecule has 0 fully saturated rings. The van der Waals surface area contributed by atoms with E-state index in [0.29, 0.717) is 66.8 Å². The SMILES string of the molecule is Cc1cc2c(O)c(c1)Cc1cc(C)cc(c1O)Cc1cc(C)cc(c1O)Cc1cc(C)cc(c1O)Cc1cc(C)cc(c1O)Cc1cc(C)cc(c1O)C2. The van der Waals surface area contributed by atoms with Gasteiger partial charge in [-0.3, -0.25) is 0 Å². The van der Waals surface area contributed by atoms with Crippen molar-refractivity contribution in [1.29, 1.82) is 0 Å². The normalized spacial score (nSPS) is 13.0. The van der Waals surface area contributed by atoms with Gasteiger partial charge in [-0.05, 0) is 108 Å². The van der Waals surface area contributed by atoms with E-state index in [2.05, 4.69) is 0 Å². The van der Waals surface area contributed by atoms with Crippen LogP contribution in [0.3, 0.4) is 0 Å². The van der Waals surface area contributed by atoms with Gasteiger partial charge in [0.1, 0.15) is 34.5 Å². The Balaban J connectivity index is 1.43. The Kier molecular flexibility index (Phi) is 9.57. The molecule has 6 nitrogen and oxygen atoms in total. The molecule has 0 saturated carbocycles. The molecule has 6 N–H and O–H groups in total. The summed E-state index contributed by atoms with van der Waals surface area (Å²) in [7, 11) is 0. The first kappa shape index (κ1) is 36.5. The van der Waals surface area contributed by atoms with Crippen LogP contribution in [0.15, 0.2) is 72.8 Å². The molecule has 7 rings (SSSR count). The van der Waals surface area contributed by atoms with Gasteiger partial charge in [0.25, 0.3) is 0 Å². The van der Waals surface area contributed by atoms with Crippen molar-refractivity contribution in [3.05, 3.63) is 173 Å². The number of benzene rings is 6. The van der Waals surface area contributed by atoms with Crippen LogP contribution in [0.4, 0.5) is 0 Å². The molecule has 0 unspecified atom stereocenters. The lowest BCUT2D eigenvalue weighted by Crippen LogP contribution is -2.02. The molecular weight excluding hydrogens is 673 g/mol. The first-order valence-electron chi connectivity index (χ1n) is 18.5. The quantitative estimate of drug-likeness (QED) is 0.0929. The van der Waals surface area contributed by atoms with Gasteiger partial charge in [-0.1, -0.05) is 106 Å². The molecule has 0 heterocycles. The number of hydrogen-bond donors (Lipinski definition) is 6. The predicted molar refractivity (Wildman–Crippen MR) is 214 cm³/mol. The molecule has 276 valence electrons. The standard InChI is InChI=1S/C48H48O6/c1-25-7-31-19-33-9-26(2)11-35(44(33)50)21-37-13-28(4)15-39(46(37)52)23-41-17-30(6)18-42(48(41)54)24-40-16-29(5)14-38(47(40)53)22-36-12-27(3)10-34(45(36)51)20-32(8-25)43(31)49/h7-18,49-54H,19-24H2,1-6H3. The maximum Gasteiger partial charge on any atom is 0.122 e. The van der Waals surface area contributed by atoms with Gasteiger partial charge >= 0.3 is 0 Å². The molecule has 54 heavy (non-hydrogen) atoms. The lowest BCUT2D eigenvalue weighted by molar-refractivity contribution is 0.451. The number of rotatable bonds is 0. The summed E-state index contributed by atoms with van der Waals surface area (Å²) in [4.78, 5) is 0. The zero-order valence-corrected chi connectivity index (χ0v) is 31.9. The second kappa shape index (κ2) is 14.2. The number of aryl methyl sites for hydroxylation is 6. The van der Waals surface area contributed by atoms with Crippen molar-refractivity contribution in [2.24, 2.45) is 0 Å². The Morgan fingerprint density at radius 1 is 0.222 bits per heavy atom. The van der Waals surface area contributed by atoms with Gasteiger partial charge in [0.2, 0.25) is 0 Å². The van der Waals surface area contributed by atoms with Crippen molar-refractivity contribution in [3.63, 3.8) is 0 Å². The van der Waals surface area contributed by atoms with E-state index in [1.165, 1.54) is 0 Å². The van der Waals surface area contributed by atoms with E-state index < -0.39 is 0 Å². The highest BCUT2D eigenvalue weighted by Crippen LogP contribution is 2.40. The van der Waals surface area contributed by atoms with Gasteiger partial charge in [-0.2, -0.15) is 0 Å². The van der Waals surface area contributed by atoms with E-state index in [-0.39, 0.29) is 73.0 Å². The maximum absolute atomic E-state index is 11.7. The zero-order valence-electron chi connectivity index (χ0n) is 31.9. The van der Waals surface area contributed by atoms with E-state index >= 15 is 0 Å². The summed E-state index contributed by atoms with van der Waals surface area (Å²) in [6, 6.07) is 23.1.